The van der Waals surface area contributed by atoms with Crippen LogP contribution >= 0.6 is 0 Å². The molecule has 3 N–H and O–H groups in total. The molecule has 3 aromatic heterocycles. The third-order valence-electron chi connectivity index (χ3n) is 10.3. The van der Waals surface area contributed by atoms with E-state index in [0.717, 1.165) is 33.4 Å². The Morgan fingerprint density at radius 2 is 1.67 bits per heavy atom. The van der Waals surface area contributed by atoms with Crippen LogP contribution in [0.3, 0.4) is 0 Å². The van der Waals surface area contributed by atoms with E-state index in [0.29, 0.717) is 75.0 Å². The van der Waals surface area contributed by atoms with E-state index in [2.05, 4.69) is 42.1 Å². The maximum atomic E-state index is 15.2. The molecular formula is C43H42FN9O7. The number of pyridine rings is 1. The molecule has 0 bridgehead atoms. The van der Waals surface area contributed by atoms with Crippen molar-refractivity contribution in [3.8, 4) is 11.3 Å². The highest BCUT2D eigenvalue weighted by molar-refractivity contribution is 6.06. The van der Waals surface area contributed by atoms with Gasteiger partial charge in [0.05, 0.1) is 68.8 Å². The standard InChI is InChI=1S/C43H42FN9O7/c44-34-23-29(37-25-49-43-48-24-30(53(43)51-37)22-27-6-9-35-28(21-27)3-2-12-45-35)7-8-32(34)40(55)47-14-16-59-18-20-60-19-17-58-15-13-46-36-5-1-4-31-33(36)26-52(42(31)57)38-10-11-39(54)50-41(38)56/h1-9,12,21,23-25,38,46H,10-11,13-20,22,26H2,(H,47,55)(H,50,54,56). The smallest absolute Gasteiger partial charge is 0.255 e. The quantitative estimate of drug-likeness (QED) is 0.0844. The second-order valence-corrected chi connectivity index (χ2v) is 14.3. The first-order valence-corrected chi connectivity index (χ1v) is 19.7. The van der Waals surface area contributed by atoms with Crippen molar-refractivity contribution in [2.45, 2.75) is 31.8 Å². The second-order valence-electron chi connectivity index (χ2n) is 14.3. The summed E-state index contributed by atoms with van der Waals surface area (Å²) < 4.78 is 33.6. The van der Waals surface area contributed by atoms with Gasteiger partial charge in [0, 0.05) is 66.4 Å². The third kappa shape index (κ3) is 9.12. The molecular weight excluding hydrogens is 774 g/mol. The van der Waals surface area contributed by atoms with Crippen LogP contribution in [0.15, 0.2) is 85.3 Å². The molecule has 60 heavy (non-hydrogen) atoms. The lowest BCUT2D eigenvalue weighted by atomic mass is 10.0. The number of fused-ring (bicyclic) bond motifs is 3. The molecule has 5 heterocycles. The van der Waals surface area contributed by atoms with Crippen molar-refractivity contribution in [1.82, 2.24) is 40.1 Å². The summed E-state index contributed by atoms with van der Waals surface area (Å²) in [4.78, 5) is 64.3. The zero-order chi connectivity index (χ0) is 41.4. The number of piperidine rings is 1. The number of nitrogens with one attached hydrogen (secondary N) is 3. The van der Waals surface area contributed by atoms with Gasteiger partial charge in [0.1, 0.15) is 17.6 Å². The molecule has 17 heteroatoms. The van der Waals surface area contributed by atoms with Gasteiger partial charge in [-0.05, 0) is 54.4 Å². The first kappa shape index (κ1) is 40.1. The second kappa shape index (κ2) is 18.5. The highest BCUT2D eigenvalue weighted by atomic mass is 19.1. The molecule has 0 spiro atoms. The SMILES string of the molecule is O=C1CCC(N2Cc3c(NCCOCCOCCOCCNC(=O)c4ccc(-c5cnc6ncc(Cc7ccc8ncccc8c7)n6n5)cc4F)cccc3C2=O)C(=O)N1. The molecule has 2 aliphatic rings. The van der Waals surface area contributed by atoms with E-state index in [1.54, 1.807) is 35.1 Å². The summed E-state index contributed by atoms with van der Waals surface area (Å²) >= 11 is 0. The Balaban J connectivity index is 0.703. The summed E-state index contributed by atoms with van der Waals surface area (Å²) in [6, 6.07) is 19.1. The summed E-state index contributed by atoms with van der Waals surface area (Å²) in [5, 5.41) is 14.0. The van der Waals surface area contributed by atoms with Gasteiger partial charge >= 0.3 is 0 Å². The number of carbonyl (C=O) groups is 4. The van der Waals surface area contributed by atoms with Crippen LogP contribution in [0.5, 0.6) is 0 Å². The highest BCUT2D eigenvalue weighted by Crippen LogP contribution is 2.32. The van der Waals surface area contributed by atoms with E-state index in [1.807, 2.05) is 30.3 Å². The molecule has 2 aliphatic heterocycles. The lowest BCUT2D eigenvalue weighted by molar-refractivity contribution is -0.136. The molecule has 0 saturated carbocycles. The molecule has 1 atom stereocenters. The van der Waals surface area contributed by atoms with Gasteiger partial charge in [0.15, 0.2) is 0 Å². The van der Waals surface area contributed by atoms with Gasteiger partial charge in [0.2, 0.25) is 11.8 Å². The molecule has 4 amide bonds. The van der Waals surface area contributed by atoms with Crippen LogP contribution in [-0.2, 0) is 36.8 Å². The number of anilines is 1. The Labute approximate surface area is 343 Å². The number of amides is 4. The van der Waals surface area contributed by atoms with Crippen LogP contribution in [-0.4, -0.2) is 112 Å². The van der Waals surface area contributed by atoms with Crippen molar-refractivity contribution in [2.75, 3.05) is 58.0 Å². The van der Waals surface area contributed by atoms with Crippen LogP contribution in [0.1, 0.15) is 50.4 Å². The fourth-order valence-electron chi connectivity index (χ4n) is 7.26. The van der Waals surface area contributed by atoms with Gasteiger partial charge in [-0.25, -0.2) is 18.9 Å². The van der Waals surface area contributed by atoms with Crippen LogP contribution < -0.4 is 16.0 Å². The van der Waals surface area contributed by atoms with Gasteiger partial charge in [-0.15, -0.1) is 0 Å². The predicted molar refractivity (Wildman–Crippen MR) is 216 cm³/mol. The van der Waals surface area contributed by atoms with Crippen molar-refractivity contribution in [3.05, 3.63) is 119 Å². The molecule has 0 radical (unpaired) electrons. The molecule has 3 aromatic carbocycles. The number of hydrogen-bond acceptors (Lipinski definition) is 12. The predicted octanol–water partition coefficient (Wildman–Crippen LogP) is 3.72. The minimum Gasteiger partial charge on any atom is -0.382 e. The number of benzene rings is 3. The molecule has 0 aliphatic carbocycles. The van der Waals surface area contributed by atoms with E-state index >= 15 is 4.39 Å². The zero-order valence-corrected chi connectivity index (χ0v) is 32.6. The lowest BCUT2D eigenvalue weighted by Crippen LogP contribution is -2.52. The normalized spacial score (nSPS) is 15.1. The number of imide groups is 1. The van der Waals surface area contributed by atoms with Crippen LogP contribution in [0, 0.1) is 5.82 Å². The molecule has 16 nitrogen and oxygen atoms in total. The number of hydrogen-bond donors (Lipinski definition) is 3. The lowest BCUT2D eigenvalue weighted by Gasteiger charge is -2.29. The van der Waals surface area contributed by atoms with Gasteiger partial charge in [-0.1, -0.05) is 24.3 Å². The topological polar surface area (TPSA) is 191 Å². The average Bonchev–Trinajstić information content (AvgIpc) is 3.82. The van der Waals surface area contributed by atoms with Crippen molar-refractivity contribution < 1.29 is 37.8 Å². The molecule has 6 aromatic rings. The average molecular weight is 816 g/mol. The van der Waals surface area contributed by atoms with Gasteiger partial charge in [-0.2, -0.15) is 5.10 Å². The van der Waals surface area contributed by atoms with Crippen LogP contribution in [0.2, 0.25) is 0 Å². The van der Waals surface area contributed by atoms with E-state index in [-0.39, 0.29) is 43.5 Å². The summed E-state index contributed by atoms with van der Waals surface area (Å²) in [6.07, 6.45) is 6.09. The fourth-order valence-corrected chi connectivity index (χ4v) is 7.26. The number of halogens is 1. The number of aromatic nitrogens is 5. The Morgan fingerprint density at radius 1 is 0.867 bits per heavy atom. The van der Waals surface area contributed by atoms with E-state index in [1.165, 1.54) is 23.2 Å². The Bertz CT molecular complexity index is 2570. The summed E-state index contributed by atoms with van der Waals surface area (Å²) in [7, 11) is 0. The molecule has 8 rings (SSSR count). The monoisotopic (exact) mass is 815 g/mol. The number of imidazole rings is 1. The number of carbonyl (C=O) groups excluding carboxylic acids is 4. The number of ether oxygens (including phenoxy) is 3. The van der Waals surface area contributed by atoms with E-state index in [4.69, 9.17) is 14.2 Å². The first-order chi connectivity index (χ1) is 29.3. The van der Waals surface area contributed by atoms with Crippen molar-refractivity contribution in [2.24, 2.45) is 0 Å². The molecule has 1 fully saturated rings. The number of rotatable bonds is 18. The maximum absolute atomic E-state index is 15.2. The van der Waals surface area contributed by atoms with E-state index < -0.39 is 23.7 Å². The molecule has 1 saturated heterocycles. The van der Waals surface area contributed by atoms with Crippen LogP contribution in [0.25, 0.3) is 27.9 Å². The highest BCUT2D eigenvalue weighted by Gasteiger charge is 2.39. The van der Waals surface area contributed by atoms with Crippen molar-refractivity contribution >= 4 is 46.0 Å². The third-order valence-corrected chi connectivity index (χ3v) is 10.3. The Morgan fingerprint density at radius 3 is 2.48 bits per heavy atom. The summed E-state index contributed by atoms with van der Waals surface area (Å²) in [6.45, 7) is 2.95. The van der Waals surface area contributed by atoms with Crippen molar-refractivity contribution in [3.63, 3.8) is 0 Å². The minimum absolute atomic E-state index is 0.0976. The Hall–Kier alpha value is -6.69. The largest absolute Gasteiger partial charge is 0.382 e. The first-order valence-electron chi connectivity index (χ1n) is 19.7. The zero-order valence-electron chi connectivity index (χ0n) is 32.6. The minimum atomic E-state index is -0.687. The van der Waals surface area contributed by atoms with Crippen molar-refractivity contribution in [1.29, 1.82) is 0 Å². The maximum Gasteiger partial charge on any atom is 0.255 e. The fraction of sp³-hybridized carbons (Fsp3) is 0.302. The van der Waals surface area contributed by atoms with Crippen LogP contribution in [0.4, 0.5) is 10.1 Å². The molecule has 308 valence electrons. The van der Waals surface area contributed by atoms with Gasteiger partial charge < -0.3 is 29.7 Å². The van der Waals surface area contributed by atoms with Gasteiger partial charge in [0.25, 0.3) is 17.6 Å². The Kier molecular flexibility index (Phi) is 12.4. The van der Waals surface area contributed by atoms with E-state index in [9.17, 15) is 19.2 Å². The van der Waals surface area contributed by atoms with Gasteiger partial charge in [-0.3, -0.25) is 29.5 Å². The molecule has 1 unspecified atom stereocenters. The summed E-state index contributed by atoms with van der Waals surface area (Å²) in [5.74, 6) is -1.80. The summed E-state index contributed by atoms with van der Waals surface area (Å²) in [5.41, 5.74) is 5.75. The number of nitrogens with zero attached hydrogens (tertiary/aromatic N) is 6.